The summed E-state index contributed by atoms with van der Waals surface area (Å²) >= 11 is 0. The number of hydrogen-bond acceptors (Lipinski definition) is 6. The maximum atomic E-state index is 12.8. The Morgan fingerprint density at radius 3 is 0.969 bits per heavy atom. The van der Waals surface area contributed by atoms with Crippen molar-refractivity contribution >= 4 is 17.9 Å². The molecule has 0 N–H and O–H groups in total. The number of carbonyl (C=O) groups excluding carboxylic acids is 3. The van der Waals surface area contributed by atoms with Crippen molar-refractivity contribution in [3.05, 3.63) is 36.5 Å². The van der Waals surface area contributed by atoms with Crippen LogP contribution in [-0.2, 0) is 28.6 Å². The molecule has 0 aromatic heterocycles. The summed E-state index contributed by atoms with van der Waals surface area (Å²) in [6.07, 6.45) is 64.3. The average molecular weight is 914 g/mol. The maximum absolute atomic E-state index is 12.8. The summed E-state index contributed by atoms with van der Waals surface area (Å²) in [5, 5.41) is 0. The Labute approximate surface area is 404 Å². The third-order valence-corrected chi connectivity index (χ3v) is 12.6. The highest BCUT2D eigenvalue weighted by Crippen LogP contribution is 2.16. The molecule has 0 rings (SSSR count). The van der Waals surface area contributed by atoms with Crippen LogP contribution in [-0.4, -0.2) is 37.2 Å². The SMILES string of the molecule is CCCCCC/C=C\CCCCCCCCCC(=O)OC(COC(=O)CC/C=C\C/C=C\CCCCCCCC)COC(=O)CCCCCCCCCCCCCCCCCCCCC. The van der Waals surface area contributed by atoms with Gasteiger partial charge in [0, 0.05) is 19.3 Å². The van der Waals surface area contributed by atoms with Gasteiger partial charge in [0.25, 0.3) is 0 Å². The van der Waals surface area contributed by atoms with Gasteiger partial charge < -0.3 is 14.2 Å². The van der Waals surface area contributed by atoms with E-state index in [0.29, 0.717) is 19.3 Å². The second kappa shape index (κ2) is 54.2. The lowest BCUT2D eigenvalue weighted by molar-refractivity contribution is -0.166. The summed E-state index contributed by atoms with van der Waals surface area (Å²) in [6.45, 7) is 6.60. The number of allylic oxidation sites excluding steroid dienone is 6. The molecule has 0 saturated carbocycles. The molecule has 1 unspecified atom stereocenters. The van der Waals surface area contributed by atoms with E-state index in [4.69, 9.17) is 14.2 Å². The van der Waals surface area contributed by atoms with Crippen LogP contribution in [0.1, 0.15) is 303 Å². The van der Waals surface area contributed by atoms with Crippen molar-refractivity contribution in [2.75, 3.05) is 13.2 Å². The highest BCUT2D eigenvalue weighted by molar-refractivity contribution is 5.71. The Morgan fingerprint density at radius 2 is 0.585 bits per heavy atom. The van der Waals surface area contributed by atoms with Crippen LogP contribution in [0.4, 0.5) is 0 Å². The molecule has 380 valence electrons. The summed E-state index contributed by atoms with van der Waals surface area (Å²) in [6, 6.07) is 0. The number of esters is 3. The summed E-state index contributed by atoms with van der Waals surface area (Å²) in [5.41, 5.74) is 0. The van der Waals surface area contributed by atoms with Gasteiger partial charge in [0.1, 0.15) is 13.2 Å². The molecular weight excluding hydrogens is 805 g/mol. The van der Waals surface area contributed by atoms with Crippen molar-refractivity contribution in [3.8, 4) is 0 Å². The van der Waals surface area contributed by atoms with E-state index in [1.165, 1.54) is 205 Å². The van der Waals surface area contributed by atoms with E-state index in [1.807, 2.05) is 6.08 Å². The number of rotatable bonds is 52. The molecular formula is C59H108O6. The first-order valence-electron chi connectivity index (χ1n) is 28.5. The van der Waals surface area contributed by atoms with Crippen molar-refractivity contribution in [1.29, 1.82) is 0 Å². The summed E-state index contributed by atoms with van der Waals surface area (Å²) in [4.78, 5) is 38.0. The van der Waals surface area contributed by atoms with Crippen molar-refractivity contribution in [3.63, 3.8) is 0 Å². The van der Waals surface area contributed by atoms with Gasteiger partial charge in [-0.1, -0.05) is 256 Å². The number of unbranched alkanes of at least 4 members (excludes halogenated alkanes) is 35. The Morgan fingerprint density at radius 1 is 0.308 bits per heavy atom. The van der Waals surface area contributed by atoms with Crippen LogP contribution >= 0.6 is 0 Å². The molecule has 0 fully saturated rings. The molecule has 0 aromatic carbocycles. The Bertz CT molecular complexity index is 1090. The highest BCUT2D eigenvalue weighted by atomic mass is 16.6. The van der Waals surface area contributed by atoms with Gasteiger partial charge in [-0.25, -0.2) is 0 Å². The standard InChI is InChI=1S/C59H108O6/c1-4-7-10-13-16-19-22-25-27-28-29-30-32-34-37-40-43-46-49-52-58(61)64-55-56(54-63-57(60)51-48-45-42-39-36-33-24-21-18-15-12-9-6-3)65-59(62)53-50-47-44-41-38-35-31-26-23-20-17-14-11-8-5-2/h20,23,33,36,42,45,56H,4-19,21-22,24-32,34-35,37-41,43-44,46-55H2,1-3H3/b23-20-,36-33-,45-42-. The van der Waals surface area contributed by atoms with Gasteiger partial charge in [0.2, 0.25) is 0 Å². The Hall–Kier alpha value is -2.37. The largest absolute Gasteiger partial charge is 0.462 e. The molecule has 65 heavy (non-hydrogen) atoms. The average Bonchev–Trinajstić information content (AvgIpc) is 3.30. The molecule has 0 bridgehead atoms. The highest BCUT2D eigenvalue weighted by Gasteiger charge is 2.19. The first-order valence-corrected chi connectivity index (χ1v) is 28.5. The van der Waals surface area contributed by atoms with Crippen molar-refractivity contribution in [2.45, 2.75) is 309 Å². The van der Waals surface area contributed by atoms with E-state index < -0.39 is 6.10 Å². The van der Waals surface area contributed by atoms with E-state index >= 15 is 0 Å². The van der Waals surface area contributed by atoms with Gasteiger partial charge in [-0.3, -0.25) is 14.4 Å². The molecule has 6 nitrogen and oxygen atoms in total. The minimum Gasteiger partial charge on any atom is -0.462 e. The molecule has 6 heteroatoms. The second-order valence-corrected chi connectivity index (χ2v) is 19.2. The molecule has 0 aliphatic rings. The van der Waals surface area contributed by atoms with Gasteiger partial charge in [-0.2, -0.15) is 0 Å². The molecule has 0 heterocycles. The van der Waals surface area contributed by atoms with Gasteiger partial charge in [-0.05, 0) is 64.2 Å². The van der Waals surface area contributed by atoms with Crippen LogP contribution < -0.4 is 0 Å². The van der Waals surface area contributed by atoms with Gasteiger partial charge >= 0.3 is 17.9 Å². The zero-order valence-electron chi connectivity index (χ0n) is 43.5. The predicted molar refractivity (Wildman–Crippen MR) is 279 cm³/mol. The summed E-state index contributed by atoms with van der Waals surface area (Å²) < 4.78 is 16.8. The minimum atomic E-state index is -0.793. The monoisotopic (exact) mass is 913 g/mol. The molecule has 1 atom stereocenters. The zero-order chi connectivity index (χ0) is 47.2. The number of hydrogen-bond donors (Lipinski definition) is 0. The maximum Gasteiger partial charge on any atom is 0.306 e. The van der Waals surface area contributed by atoms with Crippen LogP contribution in [0, 0.1) is 0 Å². The summed E-state index contributed by atoms with van der Waals surface area (Å²) in [5.74, 6) is -0.947. The second-order valence-electron chi connectivity index (χ2n) is 19.2. The number of ether oxygens (including phenoxy) is 3. The molecule has 0 aliphatic heterocycles. The van der Waals surface area contributed by atoms with Gasteiger partial charge in [0.05, 0.1) is 0 Å². The first kappa shape index (κ1) is 62.6. The van der Waals surface area contributed by atoms with E-state index in [2.05, 4.69) is 51.2 Å². The van der Waals surface area contributed by atoms with Crippen molar-refractivity contribution in [1.82, 2.24) is 0 Å². The molecule has 0 amide bonds. The van der Waals surface area contributed by atoms with E-state index in [1.54, 1.807) is 0 Å². The van der Waals surface area contributed by atoms with Gasteiger partial charge in [-0.15, -0.1) is 0 Å². The fourth-order valence-corrected chi connectivity index (χ4v) is 8.32. The van der Waals surface area contributed by atoms with Gasteiger partial charge in [0.15, 0.2) is 6.10 Å². The first-order chi connectivity index (χ1) is 32.0. The third-order valence-electron chi connectivity index (χ3n) is 12.6. The van der Waals surface area contributed by atoms with Crippen molar-refractivity contribution in [2.24, 2.45) is 0 Å². The molecule has 0 saturated heterocycles. The normalized spacial score (nSPS) is 12.2. The van der Waals surface area contributed by atoms with Crippen LogP contribution in [0.25, 0.3) is 0 Å². The lowest BCUT2D eigenvalue weighted by atomic mass is 10.0. The van der Waals surface area contributed by atoms with Crippen molar-refractivity contribution < 1.29 is 28.6 Å². The van der Waals surface area contributed by atoms with E-state index in [0.717, 1.165) is 51.4 Å². The zero-order valence-corrected chi connectivity index (χ0v) is 43.5. The topological polar surface area (TPSA) is 78.9 Å². The lowest BCUT2D eigenvalue weighted by Crippen LogP contribution is -2.30. The van der Waals surface area contributed by atoms with E-state index in [-0.39, 0.29) is 37.5 Å². The quantitative estimate of drug-likeness (QED) is 0.0262. The molecule has 0 spiro atoms. The fourth-order valence-electron chi connectivity index (χ4n) is 8.32. The smallest absolute Gasteiger partial charge is 0.306 e. The molecule has 0 radical (unpaired) electrons. The lowest BCUT2D eigenvalue weighted by Gasteiger charge is -2.18. The fraction of sp³-hybridized carbons (Fsp3) is 0.847. The predicted octanol–water partition coefficient (Wildman–Crippen LogP) is 18.9. The van der Waals surface area contributed by atoms with Crippen LogP contribution in [0.3, 0.4) is 0 Å². The van der Waals surface area contributed by atoms with Crippen LogP contribution in [0.2, 0.25) is 0 Å². The minimum absolute atomic E-state index is 0.0873. The third kappa shape index (κ3) is 52.5. The Balaban J connectivity index is 4.35. The Kier molecular flexibility index (Phi) is 52.3. The molecule has 0 aromatic rings. The van der Waals surface area contributed by atoms with Crippen LogP contribution in [0.5, 0.6) is 0 Å². The summed E-state index contributed by atoms with van der Waals surface area (Å²) in [7, 11) is 0. The number of carbonyl (C=O) groups is 3. The van der Waals surface area contributed by atoms with E-state index in [9.17, 15) is 14.4 Å². The van der Waals surface area contributed by atoms with Crippen LogP contribution in [0.15, 0.2) is 36.5 Å². The molecule has 0 aliphatic carbocycles.